The molecule has 0 aliphatic carbocycles. The third kappa shape index (κ3) is 4.55. The van der Waals surface area contributed by atoms with Crippen molar-refractivity contribution in [1.29, 1.82) is 0 Å². The van der Waals surface area contributed by atoms with Gasteiger partial charge < -0.3 is 20.3 Å². The van der Waals surface area contributed by atoms with Gasteiger partial charge in [-0.15, -0.1) is 0 Å². The Labute approximate surface area is 157 Å². The van der Waals surface area contributed by atoms with E-state index in [0.717, 1.165) is 5.56 Å². The molecule has 0 radical (unpaired) electrons. The van der Waals surface area contributed by atoms with Crippen molar-refractivity contribution in [3.8, 4) is 5.75 Å². The molecular formula is C20H22FN3O3. The molecule has 1 aliphatic heterocycles. The fourth-order valence-corrected chi connectivity index (χ4v) is 3.04. The Hall–Kier alpha value is -3.09. The molecule has 0 saturated carbocycles. The molecule has 27 heavy (non-hydrogen) atoms. The molecule has 1 aliphatic rings. The summed E-state index contributed by atoms with van der Waals surface area (Å²) in [6.07, 6.45) is 0.395. The molecule has 0 aromatic heterocycles. The summed E-state index contributed by atoms with van der Waals surface area (Å²) in [6, 6.07) is 12.6. The number of nitrogens with zero attached hydrogens (tertiary/aromatic N) is 1. The predicted molar refractivity (Wildman–Crippen MR) is 100 cm³/mol. The van der Waals surface area contributed by atoms with Gasteiger partial charge in [0.2, 0.25) is 5.91 Å². The second-order valence-corrected chi connectivity index (χ2v) is 6.19. The molecule has 0 unspecified atom stereocenters. The van der Waals surface area contributed by atoms with Crippen molar-refractivity contribution in [2.24, 2.45) is 0 Å². The van der Waals surface area contributed by atoms with Crippen LogP contribution in [0.3, 0.4) is 0 Å². The van der Waals surface area contributed by atoms with E-state index >= 15 is 0 Å². The van der Waals surface area contributed by atoms with Crippen molar-refractivity contribution in [3.05, 3.63) is 59.9 Å². The molecule has 3 rings (SSSR count). The van der Waals surface area contributed by atoms with E-state index in [1.807, 2.05) is 37.3 Å². The quantitative estimate of drug-likeness (QED) is 0.849. The normalized spacial score (nSPS) is 16.6. The number of carbonyl (C=O) groups is 2. The van der Waals surface area contributed by atoms with Crippen molar-refractivity contribution >= 4 is 17.6 Å². The third-order valence-corrected chi connectivity index (χ3v) is 4.36. The summed E-state index contributed by atoms with van der Waals surface area (Å²) in [5, 5.41) is 5.34. The first-order chi connectivity index (χ1) is 13.1. The maximum atomic E-state index is 14.2. The Kier molecular flexibility index (Phi) is 5.90. The van der Waals surface area contributed by atoms with Crippen LogP contribution < -0.4 is 15.4 Å². The Balaban J connectivity index is 1.74. The zero-order valence-electron chi connectivity index (χ0n) is 15.1. The summed E-state index contributed by atoms with van der Waals surface area (Å²) in [5.41, 5.74) is 0.998. The van der Waals surface area contributed by atoms with Crippen molar-refractivity contribution < 1.29 is 18.7 Å². The minimum absolute atomic E-state index is 0.0490. The number of hydrogen-bond acceptors (Lipinski definition) is 3. The summed E-state index contributed by atoms with van der Waals surface area (Å²) < 4.78 is 19.5. The van der Waals surface area contributed by atoms with Gasteiger partial charge in [-0.2, -0.15) is 0 Å². The number of urea groups is 1. The highest BCUT2D eigenvalue weighted by molar-refractivity contribution is 5.94. The van der Waals surface area contributed by atoms with E-state index in [1.165, 1.54) is 17.0 Å². The van der Waals surface area contributed by atoms with Crippen molar-refractivity contribution in [2.75, 3.05) is 25.0 Å². The number of piperazine rings is 1. The molecule has 2 aromatic rings. The van der Waals surface area contributed by atoms with Crippen LogP contribution in [0.2, 0.25) is 0 Å². The number of halogens is 1. The summed E-state index contributed by atoms with van der Waals surface area (Å²) in [7, 11) is 0. The molecule has 2 aromatic carbocycles. The largest absolute Gasteiger partial charge is 0.494 e. The second-order valence-electron chi connectivity index (χ2n) is 6.19. The lowest BCUT2D eigenvalue weighted by Crippen LogP contribution is -2.59. The number of benzene rings is 2. The monoisotopic (exact) mass is 371 g/mol. The lowest BCUT2D eigenvalue weighted by Gasteiger charge is -2.35. The Morgan fingerprint density at radius 1 is 1.30 bits per heavy atom. The predicted octanol–water partition coefficient (Wildman–Crippen LogP) is 2.80. The maximum absolute atomic E-state index is 14.2. The van der Waals surface area contributed by atoms with Crippen LogP contribution in [0.25, 0.3) is 0 Å². The third-order valence-electron chi connectivity index (χ3n) is 4.36. The van der Waals surface area contributed by atoms with Crippen LogP contribution >= 0.6 is 0 Å². The highest BCUT2D eigenvalue weighted by atomic mass is 19.1. The zero-order valence-corrected chi connectivity index (χ0v) is 15.1. The smallest absolute Gasteiger partial charge is 0.322 e. The van der Waals surface area contributed by atoms with Crippen molar-refractivity contribution in [2.45, 2.75) is 19.4 Å². The van der Waals surface area contributed by atoms with E-state index in [9.17, 15) is 14.0 Å². The molecule has 142 valence electrons. The minimum Gasteiger partial charge on any atom is -0.494 e. The Morgan fingerprint density at radius 2 is 2.07 bits per heavy atom. The molecule has 7 heteroatoms. The maximum Gasteiger partial charge on any atom is 0.322 e. The molecule has 1 fully saturated rings. The average molecular weight is 371 g/mol. The van der Waals surface area contributed by atoms with E-state index in [-0.39, 0.29) is 11.6 Å². The number of anilines is 1. The van der Waals surface area contributed by atoms with Gasteiger partial charge in [0.25, 0.3) is 0 Å². The SMILES string of the molecule is CCOc1ccc(NC(=O)N2CCNC(=O)[C@H]2Cc2ccccc2)c(F)c1. The molecule has 1 saturated heterocycles. The summed E-state index contributed by atoms with van der Waals surface area (Å²) in [6.45, 7) is 2.95. The first-order valence-electron chi connectivity index (χ1n) is 8.90. The number of amides is 3. The Bertz CT molecular complexity index is 813. The van der Waals surface area contributed by atoms with Gasteiger partial charge >= 0.3 is 6.03 Å². The van der Waals surface area contributed by atoms with E-state index in [1.54, 1.807) is 6.07 Å². The summed E-state index contributed by atoms with van der Waals surface area (Å²) in [4.78, 5) is 26.5. The number of hydrogen-bond donors (Lipinski definition) is 2. The van der Waals surface area contributed by atoms with Crippen LogP contribution in [0.15, 0.2) is 48.5 Å². The lowest BCUT2D eigenvalue weighted by molar-refractivity contribution is -0.127. The van der Waals surface area contributed by atoms with Crippen LogP contribution in [-0.2, 0) is 11.2 Å². The van der Waals surface area contributed by atoms with Gasteiger partial charge in [0.1, 0.15) is 17.6 Å². The first kappa shape index (κ1) is 18.7. The number of ether oxygens (including phenoxy) is 1. The topological polar surface area (TPSA) is 70.7 Å². The fraction of sp³-hybridized carbons (Fsp3) is 0.300. The van der Waals surface area contributed by atoms with E-state index in [0.29, 0.717) is 31.9 Å². The molecular weight excluding hydrogens is 349 g/mol. The van der Waals surface area contributed by atoms with Crippen LogP contribution in [0.4, 0.5) is 14.9 Å². The van der Waals surface area contributed by atoms with Crippen LogP contribution in [-0.4, -0.2) is 42.6 Å². The second kappa shape index (κ2) is 8.53. The van der Waals surface area contributed by atoms with Crippen LogP contribution in [0, 0.1) is 5.82 Å². The fourth-order valence-electron chi connectivity index (χ4n) is 3.04. The molecule has 1 atom stereocenters. The van der Waals surface area contributed by atoms with Gasteiger partial charge in [-0.25, -0.2) is 9.18 Å². The van der Waals surface area contributed by atoms with E-state index in [2.05, 4.69) is 10.6 Å². The minimum atomic E-state index is -0.646. The number of carbonyl (C=O) groups excluding carboxylic acids is 2. The zero-order chi connectivity index (χ0) is 19.2. The van der Waals surface area contributed by atoms with Gasteiger partial charge in [-0.3, -0.25) is 4.79 Å². The standard InChI is InChI=1S/C20H22FN3O3/c1-2-27-15-8-9-17(16(21)13-15)23-20(26)24-11-10-22-19(25)18(24)12-14-6-4-3-5-7-14/h3-9,13,18H,2,10-12H2,1H3,(H,22,25)(H,23,26)/t18-/m1/s1. The molecule has 6 nitrogen and oxygen atoms in total. The average Bonchev–Trinajstić information content (AvgIpc) is 2.66. The van der Waals surface area contributed by atoms with Gasteiger partial charge in [0.05, 0.1) is 12.3 Å². The Morgan fingerprint density at radius 3 is 2.78 bits per heavy atom. The van der Waals surface area contributed by atoms with Crippen molar-refractivity contribution in [3.63, 3.8) is 0 Å². The van der Waals surface area contributed by atoms with Gasteiger partial charge in [-0.1, -0.05) is 30.3 Å². The number of rotatable bonds is 5. The van der Waals surface area contributed by atoms with Crippen molar-refractivity contribution in [1.82, 2.24) is 10.2 Å². The molecule has 2 N–H and O–H groups in total. The van der Waals surface area contributed by atoms with Gasteiger partial charge in [0, 0.05) is 25.6 Å². The van der Waals surface area contributed by atoms with Gasteiger partial charge in [0.15, 0.2) is 0 Å². The molecule has 0 bridgehead atoms. The number of nitrogens with one attached hydrogen (secondary N) is 2. The molecule has 1 heterocycles. The van der Waals surface area contributed by atoms with E-state index < -0.39 is 17.9 Å². The highest BCUT2D eigenvalue weighted by Gasteiger charge is 2.33. The van der Waals surface area contributed by atoms with Crippen LogP contribution in [0.5, 0.6) is 5.75 Å². The van der Waals surface area contributed by atoms with Crippen LogP contribution in [0.1, 0.15) is 12.5 Å². The molecule has 0 spiro atoms. The van der Waals surface area contributed by atoms with Gasteiger partial charge in [-0.05, 0) is 24.6 Å². The van der Waals surface area contributed by atoms with E-state index in [4.69, 9.17) is 4.74 Å². The first-order valence-corrected chi connectivity index (χ1v) is 8.90. The summed E-state index contributed by atoms with van der Waals surface area (Å²) in [5.74, 6) is -0.407. The summed E-state index contributed by atoms with van der Waals surface area (Å²) >= 11 is 0. The molecule has 3 amide bonds. The lowest BCUT2D eigenvalue weighted by atomic mass is 10.0. The highest BCUT2D eigenvalue weighted by Crippen LogP contribution is 2.22.